The quantitative estimate of drug-likeness (QED) is 0.912. The van der Waals surface area contributed by atoms with E-state index in [2.05, 4.69) is 20.2 Å². The maximum Gasteiger partial charge on any atom is 0.262 e. The number of aryl methyl sites for hydroxylation is 1. The first kappa shape index (κ1) is 16.2. The zero-order valence-corrected chi connectivity index (χ0v) is 13.5. The molecule has 2 heterocycles. The number of carbonyl (C=O) groups is 1. The van der Waals surface area contributed by atoms with Crippen LogP contribution in [0.2, 0.25) is 0 Å². The monoisotopic (exact) mass is 330 g/mol. The predicted octanol–water partition coefficient (Wildman–Crippen LogP) is 2.54. The number of rotatable bonds is 5. The van der Waals surface area contributed by atoms with Crippen molar-refractivity contribution in [3.05, 3.63) is 41.8 Å². The van der Waals surface area contributed by atoms with Crippen LogP contribution in [0.3, 0.4) is 0 Å². The Morgan fingerprint density at radius 3 is 2.83 bits per heavy atom. The van der Waals surface area contributed by atoms with Crippen LogP contribution in [0, 0.1) is 12.7 Å². The normalized spacial score (nSPS) is 13.8. The fourth-order valence-corrected chi connectivity index (χ4v) is 2.56. The number of nitrogens with zero attached hydrogens (tertiary/aromatic N) is 3. The van der Waals surface area contributed by atoms with Gasteiger partial charge in [0.25, 0.3) is 5.91 Å². The summed E-state index contributed by atoms with van der Waals surface area (Å²) in [6.07, 6.45) is 2.26. The van der Waals surface area contributed by atoms with Gasteiger partial charge >= 0.3 is 0 Å². The van der Waals surface area contributed by atoms with E-state index in [0.29, 0.717) is 17.5 Å². The highest BCUT2D eigenvalue weighted by Gasteiger charge is 2.16. The number of ether oxygens (including phenoxy) is 1. The Kier molecular flexibility index (Phi) is 4.88. The molecular weight excluding hydrogens is 311 g/mol. The molecule has 1 aromatic heterocycles. The van der Waals surface area contributed by atoms with Crippen LogP contribution in [0.15, 0.2) is 30.3 Å². The van der Waals surface area contributed by atoms with E-state index in [9.17, 15) is 9.18 Å². The summed E-state index contributed by atoms with van der Waals surface area (Å²) >= 11 is 0. The summed E-state index contributed by atoms with van der Waals surface area (Å²) in [6, 6.07) is 7.39. The van der Waals surface area contributed by atoms with Crippen molar-refractivity contribution in [1.29, 1.82) is 0 Å². The summed E-state index contributed by atoms with van der Waals surface area (Å²) in [5, 5.41) is 2.58. The van der Waals surface area contributed by atoms with Crippen LogP contribution < -0.4 is 15.0 Å². The lowest BCUT2D eigenvalue weighted by Crippen LogP contribution is -2.23. The Balaban J connectivity index is 1.60. The topological polar surface area (TPSA) is 67.3 Å². The third-order valence-electron chi connectivity index (χ3n) is 3.67. The molecule has 1 saturated heterocycles. The van der Waals surface area contributed by atoms with Gasteiger partial charge < -0.3 is 15.0 Å². The zero-order valence-electron chi connectivity index (χ0n) is 13.5. The van der Waals surface area contributed by atoms with Crippen molar-refractivity contribution >= 4 is 17.5 Å². The molecule has 7 heteroatoms. The highest BCUT2D eigenvalue weighted by atomic mass is 19.1. The molecule has 1 fully saturated rings. The van der Waals surface area contributed by atoms with Crippen LogP contribution in [0.1, 0.15) is 18.5 Å². The lowest BCUT2D eigenvalue weighted by atomic mass is 10.3. The molecule has 6 nitrogen and oxygen atoms in total. The van der Waals surface area contributed by atoms with Crippen molar-refractivity contribution in [2.75, 3.05) is 29.9 Å². The van der Waals surface area contributed by atoms with Crippen molar-refractivity contribution in [2.45, 2.75) is 19.8 Å². The Morgan fingerprint density at radius 2 is 2.08 bits per heavy atom. The molecule has 0 spiro atoms. The first-order valence-corrected chi connectivity index (χ1v) is 7.89. The van der Waals surface area contributed by atoms with Gasteiger partial charge in [-0.15, -0.1) is 0 Å². The van der Waals surface area contributed by atoms with Crippen molar-refractivity contribution < 1.29 is 13.9 Å². The molecular formula is C17H19FN4O2. The van der Waals surface area contributed by atoms with E-state index in [1.54, 1.807) is 12.1 Å². The summed E-state index contributed by atoms with van der Waals surface area (Å²) in [4.78, 5) is 22.8. The largest absolute Gasteiger partial charge is 0.467 e. The molecule has 0 radical (unpaired) electrons. The van der Waals surface area contributed by atoms with E-state index < -0.39 is 5.82 Å². The SMILES string of the molecule is Cc1cc(OCC(=O)Nc2cccc(F)c2)nc(N2CCCC2)n1. The predicted molar refractivity (Wildman–Crippen MR) is 88.7 cm³/mol. The maximum atomic E-state index is 13.1. The molecule has 0 unspecified atom stereocenters. The average Bonchev–Trinajstić information content (AvgIpc) is 3.07. The standard InChI is InChI=1S/C17H19FN4O2/c1-12-9-16(21-17(19-12)22-7-2-3-8-22)24-11-15(23)20-14-6-4-5-13(18)10-14/h4-6,9-10H,2-3,7-8,11H2,1H3,(H,20,23). The Morgan fingerprint density at radius 1 is 1.29 bits per heavy atom. The first-order chi connectivity index (χ1) is 11.6. The number of hydrogen-bond acceptors (Lipinski definition) is 5. The van der Waals surface area contributed by atoms with Gasteiger partial charge in [0, 0.05) is 30.5 Å². The highest BCUT2D eigenvalue weighted by molar-refractivity contribution is 5.91. The Labute approximate surface area is 139 Å². The number of carbonyl (C=O) groups excluding carboxylic acids is 1. The molecule has 1 N–H and O–H groups in total. The number of halogens is 1. The van der Waals surface area contributed by atoms with E-state index >= 15 is 0 Å². The Hall–Kier alpha value is -2.70. The first-order valence-electron chi connectivity index (χ1n) is 7.89. The lowest BCUT2D eigenvalue weighted by Gasteiger charge is -2.16. The molecule has 24 heavy (non-hydrogen) atoms. The van der Waals surface area contributed by atoms with E-state index in [0.717, 1.165) is 31.6 Å². The molecule has 3 rings (SSSR count). The maximum absolute atomic E-state index is 13.1. The van der Waals surface area contributed by atoms with Crippen LogP contribution in [-0.4, -0.2) is 35.6 Å². The van der Waals surface area contributed by atoms with Crippen molar-refractivity contribution in [3.8, 4) is 5.88 Å². The van der Waals surface area contributed by atoms with Gasteiger partial charge in [-0.25, -0.2) is 9.37 Å². The molecule has 1 aliphatic rings. The smallest absolute Gasteiger partial charge is 0.262 e. The number of nitrogens with one attached hydrogen (secondary N) is 1. The molecule has 1 aliphatic heterocycles. The van der Waals surface area contributed by atoms with Crippen LogP contribution >= 0.6 is 0 Å². The van der Waals surface area contributed by atoms with Gasteiger partial charge in [-0.05, 0) is 38.0 Å². The molecule has 0 aliphatic carbocycles. The average molecular weight is 330 g/mol. The zero-order chi connectivity index (χ0) is 16.9. The molecule has 1 aromatic carbocycles. The molecule has 0 bridgehead atoms. The number of hydrogen-bond donors (Lipinski definition) is 1. The number of anilines is 2. The summed E-state index contributed by atoms with van der Waals surface area (Å²) in [5.74, 6) is 0.210. The highest BCUT2D eigenvalue weighted by Crippen LogP contribution is 2.19. The number of aromatic nitrogens is 2. The van der Waals surface area contributed by atoms with Gasteiger partial charge in [-0.2, -0.15) is 4.98 Å². The molecule has 2 aromatic rings. The van der Waals surface area contributed by atoms with Gasteiger partial charge in [-0.1, -0.05) is 6.07 Å². The van der Waals surface area contributed by atoms with E-state index in [4.69, 9.17) is 4.74 Å². The third kappa shape index (κ3) is 4.18. The summed E-state index contributed by atoms with van der Waals surface area (Å²) < 4.78 is 18.6. The minimum Gasteiger partial charge on any atom is -0.467 e. The second-order valence-electron chi connectivity index (χ2n) is 5.69. The molecule has 126 valence electrons. The van der Waals surface area contributed by atoms with Gasteiger partial charge in [0.05, 0.1) is 0 Å². The van der Waals surface area contributed by atoms with Gasteiger partial charge in [0.1, 0.15) is 5.82 Å². The molecule has 1 amide bonds. The number of benzene rings is 1. The molecule has 0 saturated carbocycles. The van der Waals surface area contributed by atoms with Crippen molar-refractivity contribution in [2.24, 2.45) is 0 Å². The number of amides is 1. The van der Waals surface area contributed by atoms with Crippen molar-refractivity contribution in [3.63, 3.8) is 0 Å². The minimum absolute atomic E-state index is 0.202. The fraction of sp³-hybridized carbons (Fsp3) is 0.353. The van der Waals surface area contributed by atoms with Crippen LogP contribution in [0.4, 0.5) is 16.0 Å². The fourth-order valence-electron chi connectivity index (χ4n) is 2.56. The summed E-state index contributed by atoms with van der Waals surface area (Å²) in [7, 11) is 0. The van der Waals surface area contributed by atoms with Gasteiger partial charge in [0.2, 0.25) is 11.8 Å². The lowest BCUT2D eigenvalue weighted by molar-refractivity contribution is -0.118. The van der Waals surface area contributed by atoms with Crippen LogP contribution in [0.25, 0.3) is 0 Å². The molecule has 0 atom stereocenters. The third-order valence-corrected chi connectivity index (χ3v) is 3.67. The Bertz CT molecular complexity index is 732. The van der Waals surface area contributed by atoms with E-state index in [1.807, 2.05) is 6.92 Å². The van der Waals surface area contributed by atoms with Gasteiger partial charge in [-0.3, -0.25) is 4.79 Å². The van der Waals surface area contributed by atoms with Crippen LogP contribution in [-0.2, 0) is 4.79 Å². The summed E-state index contributed by atoms with van der Waals surface area (Å²) in [5.41, 5.74) is 1.17. The second kappa shape index (κ2) is 7.25. The van der Waals surface area contributed by atoms with E-state index in [-0.39, 0.29) is 12.5 Å². The van der Waals surface area contributed by atoms with E-state index in [1.165, 1.54) is 18.2 Å². The van der Waals surface area contributed by atoms with Crippen molar-refractivity contribution in [1.82, 2.24) is 9.97 Å². The van der Waals surface area contributed by atoms with Crippen LogP contribution in [0.5, 0.6) is 5.88 Å². The van der Waals surface area contributed by atoms with Gasteiger partial charge in [0.15, 0.2) is 6.61 Å². The summed E-state index contributed by atoms with van der Waals surface area (Å²) in [6.45, 7) is 3.53. The second-order valence-corrected chi connectivity index (χ2v) is 5.69. The minimum atomic E-state index is -0.407.